The molecule has 5 nitrogen and oxygen atoms in total. The van der Waals surface area contributed by atoms with E-state index in [1.54, 1.807) is 15.9 Å². The first kappa shape index (κ1) is 14.5. The van der Waals surface area contributed by atoms with Crippen LogP contribution in [-0.4, -0.2) is 27.2 Å². The SMILES string of the molecule is C[C@H](C(=O)NCC1CCC1)n1c(-c2cccs2)n[nH]c1=S. The number of hydrogen-bond acceptors (Lipinski definition) is 4. The largest absolute Gasteiger partial charge is 0.354 e. The van der Waals surface area contributed by atoms with E-state index in [1.165, 1.54) is 19.3 Å². The lowest BCUT2D eigenvalue weighted by molar-refractivity contribution is -0.124. The molecule has 2 N–H and O–H groups in total. The summed E-state index contributed by atoms with van der Waals surface area (Å²) in [5.74, 6) is 1.37. The van der Waals surface area contributed by atoms with Gasteiger partial charge in [0.15, 0.2) is 10.6 Å². The summed E-state index contributed by atoms with van der Waals surface area (Å²) in [6.07, 6.45) is 3.73. The summed E-state index contributed by atoms with van der Waals surface area (Å²) in [6.45, 7) is 2.63. The van der Waals surface area contributed by atoms with Gasteiger partial charge in [-0.25, -0.2) is 0 Å². The zero-order valence-electron chi connectivity index (χ0n) is 11.8. The number of aromatic nitrogens is 3. The number of amides is 1. The van der Waals surface area contributed by atoms with Gasteiger partial charge in [0.05, 0.1) is 4.88 Å². The highest BCUT2D eigenvalue weighted by molar-refractivity contribution is 7.71. The van der Waals surface area contributed by atoms with E-state index in [0.717, 1.165) is 17.2 Å². The maximum Gasteiger partial charge on any atom is 0.242 e. The molecule has 1 aliphatic rings. The maximum atomic E-state index is 12.3. The molecule has 2 aromatic heterocycles. The van der Waals surface area contributed by atoms with Crippen molar-refractivity contribution >= 4 is 29.5 Å². The van der Waals surface area contributed by atoms with Crippen molar-refractivity contribution in [2.24, 2.45) is 5.92 Å². The van der Waals surface area contributed by atoms with E-state index >= 15 is 0 Å². The summed E-state index contributed by atoms with van der Waals surface area (Å²) in [6, 6.07) is 3.57. The second-order valence-corrected chi connectivity index (χ2v) is 6.75. The lowest BCUT2D eigenvalue weighted by atomic mass is 9.85. The Labute approximate surface area is 132 Å². The Kier molecular flexibility index (Phi) is 4.21. The van der Waals surface area contributed by atoms with Crippen LogP contribution in [0.25, 0.3) is 10.7 Å². The van der Waals surface area contributed by atoms with Crippen LogP contribution in [0, 0.1) is 10.7 Å². The van der Waals surface area contributed by atoms with Gasteiger partial charge in [-0.3, -0.25) is 14.5 Å². The van der Waals surface area contributed by atoms with Gasteiger partial charge in [0.2, 0.25) is 5.91 Å². The van der Waals surface area contributed by atoms with Gasteiger partial charge in [-0.05, 0) is 49.3 Å². The monoisotopic (exact) mass is 322 g/mol. The third-order valence-electron chi connectivity index (χ3n) is 4.00. The molecule has 2 aromatic rings. The van der Waals surface area contributed by atoms with Crippen molar-refractivity contribution in [2.45, 2.75) is 32.2 Å². The van der Waals surface area contributed by atoms with E-state index in [2.05, 4.69) is 15.5 Å². The molecule has 21 heavy (non-hydrogen) atoms. The topological polar surface area (TPSA) is 62.7 Å². The maximum absolute atomic E-state index is 12.3. The Morgan fingerprint density at radius 3 is 3.10 bits per heavy atom. The minimum atomic E-state index is -0.367. The van der Waals surface area contributed by atoms with Crippen molar-refractivity contribution in [2.75, 3.05) is 6.54 Å². The Bertz CT molecular complexity index is 669. The molecule has 1 atom stereocenters. The average Bonchev–Trinajstić information content (AvgIpc) is 3.04. The summed E-state index contributed by atoms with van der Waals surface area (Å²) in [4.78, 5) is 13.3. The van der Waals surface area contributed by atoms with Crippen molar-refractivity contribution in [3.05, 3.63) is 22.3 Å². The third kappa shape index (κ3) is 2.94. The summed E-state index contributed by atoms with van der Waals surface area (Å²) >= 11 is 6.86. The Hall–Kier alpha value is -1.47. The Morgan fingerprint density at radius 1 is 1.67 bits per heavy atom. The fourth-order valence-corrected chi connectivity index (χ4v) is 3.45. The summed E-state index contributed by atoms with van der Waals surface area (Å²) < 4.78 is 2.27. The summed E-state index contributed by atoms with van der Waals surface area (Å²) in [5, 5.41) is 12.1. The highest BCUT2D eigenvalue weighted by Gasteiger charge is 2.23. The number of nitrogens with zero attached hydrogens (tertiary/aromatic N) is 2. The lowest BCUT2D eigenvalue weighted by Gasteiger charge is -2.26. The van der Waals surface area contributed by atoms with E-state index in [9.17, 15) is 4.79 Å². The van der Waals surface area contributed by atoms with Crippen LogP contribution >= 0.6 is 23.6 Å². The Balaban J connectivity index is 1.77. The van der Waals surface area contributed by atoms with Crippen LogP contribution in [0.15, 0.2) is 17.5 Å². The number of nitrogens with one attached hydrogen (secondary N) is 2. The highest BCUT2D eigenvalue weighted by atomic mass is 32.1. The van der Waals surface area contributed by atoms with Gasteiger partial charge >= 0.3 is 0 Å². The van der Waals surface area contributed by atoms with Crippen LogP contribution in [-0.2, 0) is 4.79 Å². The predicted octanol–water partition coefficient (Wildman–Crippen LogP) is 3.15. The standard InChI is InChI=1S/C14H18N4OS2/c1-9(13(19)15-8-10-4-2-5-10)18-12(16-17-14(18)20)11-6-3-7-21-11/h3,6-7,9-10H,2,4-5,8H2,1H3,(H,15,19)(H,17,20)/t9-/m1/s1. The number of carbonyl (C=O) groups excluding carboxylic acids is 1. The van der Waals surface area contributed by atoms with Crippen molar-refractivity contribution in [3.63, 3.8) is 0 Å². The molecule has 0 aliphatic heterocycles. The predicted molar refractivity (Wildman–Crippen MR) is 85.8 cm³/mol. The molecule has 1 fully saturated rings. The molecule has 3 rings (SSSR count). The van der Waals surface area contributed by atoms with Gasteiger partial charge in [0, 0.05) is 6.54 Å². The minimum absolute atomic E-state index is 0.00259. The average molecular weight is 322 g/mol. The summed E-state index contributed by atoms with van der Waals surface area (Å²) in [5.41, 5.74) is 0. The third-order valence-corrected chi connectivity index (χ3v) is 5.16. The minimum Gasteiger partial charge on any atom is -0.354 e. The molecule has 7 heteroatoms. The van der Waals surface area contributed by atoms with Crippen LogP contribution in [0.1, 0.15) is 32.2 Å². The lowest BCUT2D eigenvalue weighted by Crippen LogP contribution is -2.36. The van der Waals surface area contributed by atoms with E-state index in [-0.39, 0.29) is 11.9 Å². The van der Waals surface area contributed by atoms with Crippen LogP contribution in [0.3, 0.4) is 0 Å². The van der Waals surface area contributed by atoms with Gasteiger partial charge in [-0.1, -0.05) is 12.5 Å². The summed E-state index contributed by atoms with van der Waals surface area (Å²) in [7, 11) is 0. The molecule has 1 aliphatic carbocycles. The molecule has 0 unspecified atom stereocenters. The van der Waals surface area contributed by atoms with E-state index in [4.69, 9.17) is 12.2 Å². The first-order valence-corrected chi connectivity index (χ1v) is 8.44. The van der Waals surface area contributed by atoms with Crippen LogP contribution < -0.4 is 5.32 Å². The highest BCUT2D eigenvalue weighted by Crippen LogP contribution is 2.27. The molecule has 0 spiro atoms. The normalized spacial score (nSPS) is 16.4. The van der Waals surface area contributed by atoms with Gasteiger partial charge in [-0.15, -0.1) is 11.3 Å². The molecule has 1 amide bonds. The van der Waals surface area contributed by atoms with Crippen LogP contribution in [0.4, 0.5) is 0 Å². The molecule has 112 valence electrons. The van der Waals surface area contributed by atoms with Crippen molar-refractivity contribution in [1.29, 1.82) is 0 Å². The van der Waals surface area contributed by atoms with Crippen molar-refractivity contribution < 1.29 is 4.79 Å². The van der Waals surface area contributed by atoms with Gasteiger partial charge in [-0.2, -0.15) is 5.10 Å². The number of rotatable bonds is 5. The molecule has 0 radical (unpaired) electrons. The second kappa shape index (κ2) is 6.11. The molecular formula is C14H18N4OS2. The molecule has 0 saturated heterocycles. The molecule has 1 saturated carbocycles. The first-order chi connectivity index (χ1) is 10.2. The molecular weight excluding hydrogens is 304 g/mol. The number of H-pyrrole nitrogens is 1. The first-order valence-electron chi connectivity index (χ1n) is 7.15. The van der Waals surface area contributed by atoms with E-state index in [1.807, 2.05) is 24.4 Å². The zero-order chi connectivity index (χ0) is 14.8. The molecule has 0 aromatic carbocycles. The number of thiophene rings is 1. The number of carbonyl (C=O) groups is 1. The second-order valence-electron chi connectivity index (χ2n) is 5.42. The number of aromatic amines is 1. The number of hydrogen-bond donors (Lipinski definition) is 2. The zero-order valence-corrected chi connectivity index (χ0v) is 13.5. The Morgan fingerprint density at radius 2 is 2.48 bits per heavy atom. The van der Waals surface area contributed by atoms with E-state index < -0.39 is 0 Å². The quantitative estimate of drug-likeness (QED) is 0.831. The van der Waals surface area contributed by atoms with Gasteiger partial charge in [0.1, 0.15) is 6.04 Å². The van der Waals surface area contributed by atoms with Crippen molar-refractivity contribution in [3.8, 4) is 10.7 Å². The molecule has 0 bridgehead atoms. The smallest absolute Gasteiger partial charge is 0.242 e. The van der Waals surface area contributed by atoms with Gasteiger partial charge in [0.25, 0.3) is 0 Å². The fourth-order valence-electron chi connectivity index (χ4n) is 2.45. The fraction of sp³-hybridized carbons (Fsp3) is 0.500. The van der Waals surface area contributed by atoms with Crippen LogP contribution in [0.5, 0.6) is 0 Å². The molecule has 2 heterocycles. The van der Waals surface area contributed by atoms with Crippen LogP contribution in [0.2, 0.25) is 0 Å². The van der Waals surface area contributed by atoms with E-state index in [0.29, 0.717) is 10.7 Å². The van der Waals surface area contributed by atoms with Crippen molar-refractivity contribution in [1.82, 2.24) is 20.1 Å². The van der Waals surface area contributed by atoms with Gasteiger partial charge < -0.3 is 5.32 Å².